The molecule has 0 atom stereocenters. The summed E-state index contributed by atoms with van der Waals surface area (Å²) in [4.78, 5) is 13.1. The van der Waals surface area contributed by atoms with Crippen molar-refractivity contribution in [1.29, 1.82) is 0 Å². The molecule has 6 heteroatoms. The van der Waals surface area contributed by atoms with Crippen molar-refractivity contribution in [2.45, 2.75) is 6.54 Å². The first-order valence-corrected chi connectivity index (χ1v) is 7.87. The molecule has 0 saturated heterocycles. The van der Waals surface area contributed by atoms with Crippen LogP contribution in [-0.2, 0) is 6.54 Å². The maximum absolute atomic E-state index is 12.0. The second-order valence-corrected chi connectivity index (χ2v) is 6.64. The van der Waals surface area contributed by atoms with Gasteiger partial charge in [-0.2, -0.15) is 0 Å². The van der Waals surface area contributed by atoms with E-state index in [1.807, 2.05) is 11.4 Å². The topological polar surface area (TPSA) is 29.1 Å². The summed E-state index contributed by atoms with van der Waals surface area (Å²) in [5.74, 6) is -0.126. The van der Waals surface area contributed by atoms with Crippen molar-refractivity contribution in [2.75, 3.05) is 0 Å². The summed E-state index contributed by atoms with van der Waals surface area (Å²) >= 11 is 14.2. The normalized spacial score (nSPS) is 10.4. The lowest BCUT2D eigenvalue weighted by Gasteiger charge is -2.06. The molecule has 0 spiro atoms. The van der Waals surface area contributed by atoms with Gasteiger partial charge in [0.2, 0.25) is 0 Å². The molecule has 0 saturated carbocycles. The van der Waals surface area contributed by atoms with Gasteiger partial charge >= 0.3 is 0 Å². The number of thiophene rings is 1. The van der Waals surface area contributed by atoms with Crippen LogP contribution in [0, 0.1) is 0 Å². The second-order valence-electron chi connectivity index (χ2n) is 3.50. The van der Waals surface area contributed by atoms with Crippen LogP contribution in [0.4, 0.5) is 0 Å². The highest BCUT2D eigenvalue weighted by molar-refractivity contribution is 9.10. The minimum atomic E-state index is -0.126. The smallest absolute Gasteiger partial charge is 0.252 e. The van der Waals surface area contributed by atoms with Gasteiger partial charge in [-0.1, -0.05) is 11.6 Å². The van der Waals surface area contributed by atoms with Crippen LogP contribution in [0.1, 0.15) is 15.2 Å². The zero-order chi connectivity index (χ0) is 13.1. The average molecular weight is 410 g/mol. The van der Waals surface area contributed by atoms with Crippen molar-refractivity contribution >= 4 is 60.7 Å². The Hall–Kier alpha value is -0.360. The van der Waals surface area contributed by atoms with Gasteiger partial charge in [-0.25, -0.2) is 0 Å². The molecule has 0 fully saturated rings. The lowest BCUT2D eigenvalue weighted by molar-refractivity contribution is 0.0950. The van der Waals surface area contributed by atoms with Crippen molar-refractivity contribution in [3.05, 3.63) is 54.1 Å². The Morgan fingerprint density at radius 3 is 2.67 bits per heavy atom. The first-order valence-electron chi connectivity index (χ1n) is 5.03. The molecule has 1 aromatic heterocycles. The number of amides is 1. The fourth-order valence-electron chi connectivity index (χ4n) is 1.38. The fraction of sp³-hybridized carbons (Fsp3) is 0.0833. The van der Waals surface area contributed by atoms with Crippen molar-refractivity contribution < 1.29 is 4.79 Å². The van der Waals surface area contributed by atoms with Gasteiger partial charge < -0.3 is 5.32 Å². The molecule has 0 bridgehead atoms. The third-order valence-corrected chi connectivity index (χ3v) is 5.09. The third-order valence-electron chi connectivity index (χ3n) is 2.28. The summed E-state index contributed by atoms with van der Waals surface area (Å²) in [5, 5.41) is 5.44. The van der Waals surface area contributed by atoms with E-state index < -0.39 is 0 Å². The van der Waals surface area contributed by atoms with Crippen LogP contribution in [0.3, 0.4) is 0 Å². The summed E-state index contributed by atoms with van der Waals surface area (Å²) in [5.41, 5.74) is 0.576. The molecule has 0 aliphatic heterocycles. The van der Waals surface area contributed by atoms with E-state index in [1.165, 1.54) is 0 Å². The van der Waals surface area contributed by atoms with Gasteiger partial charge in [0.15, 0.2) is 0 Å². The molecule has 0 aliphatic rings. The highest BCUT2D eigenvalue weighted by Crippen LogP contribution is 2.24. The minimum Gasteiger partial charge on any atom is -0.347 e. The quantitative estimate of drug-likeness (QED) is 0.771. The number of nitrogens with one attached hydrogen (secondary N) is 1. The molecule has 94 valence electrons. The first-order chi connectivity index (χ1) is 8.58. The van der Waals surface area contributed by atoms with Crippen LogP contribution in [-0.4, -0.2) is 5.91 Å². The standard InChI is InChI=1S/C12H8Br2ClNOS/c13-9-3-4-18-11(9)6-16-12(17)8-2-1-7(15)5-10(8)14/h1-5H,6H2,(H,16,17). The highest BCUT2D eigenvalue weighted by Gasteiger charge is 2.11. The molecular formula is C12H8Br2ClNOS. The Labute approximate surface area is 131 Å². The Morgan fingerprint density at radius 2 is 2.06 bits per heavy atom. The van der Waals surface area contributed by atoms with Crippen LogP contribution in [0.2, 0.25) is 5.02 Å². The molecule has 1 N–H and O–H groups in total. The van der Waals surface area contributed by atoms with Gasteiger partial charge in [0.1, 0.15) is 0 Å². The largest absolute Gasteiger partial charge is 0.347 e. The van der Waals surface area contributed by atoms with Crippen molar-refractivity contribution in [3.63, 3.8) is 0 Å². The predicted octanol–water partition coefficient (Wildman–Crippen LogP) is 4.86. The van der Waals surface area contributed by atoms with Gasteiger partial charge in [-0.15, -0.1) is 11.3 Å². The van der Waals surface area contributed by atoms with Gasteiger partial charge in [-0.05, 0) is 61.5 Å². The van der Waals surface area contributed by atoms with Crippen LogP contribution in [0.25, 0.3) is 0 Å². The van der Waals surface area contributed by atoms with Crippen LogP contribution < -0.4 is 5.32 Å². The van der Waals surface area contributed by atoms with E-state index in [1.54, 1.807) is 29.5 Å². The Kier molecular flexibility index (Phi) is 4.84. The maximum atomic E-state index is 12.0. The van der Waals surface area contributed by atoms with Gasteiger partial charge in [0.05, 0.1) is 12.1 Å². The number of hydrogen-bond donors (Lipinski definition) is 1. The van der Waals surface area contributed by atoms with Crippen LogP contribution in [0.5, 0.6) is 0 Å². The van der Waals surface area contributed by atoms with Crippen molar-refractivity contribution in [2.24, 2.45) is 0 Å². The van der Waals surface area contributed by atoms with Crippen molar-refractivity contribution in [1.82, 2.24) is 5.32 Å². The summed E-state index contributed by atoms with van der Waals surface area (Å²) in [6, 6.07) is 7.06. The lowest BCUT2D eigenvalue weighted by atomic mass is 10.2. The number of hydrogen-bond acceptors (Lipinski definition) is 2. The van der Waals surface area contributed by atoms with Crippen molar-refractivity contribution in [3.8, 4) is 0 Å². The molecule has 2 nitrogen and oxygen atoms in total. The monoisotopic (exact) mass is 407 g/mol. The highest BCUT2D eigenvalue weighted by atomic mass is 79.9. The summed E-state index contributed by atoms with van der Waals surface area (Å²) in [7, 11) is 0. The number of carbonyl (C=O) groups excluding carboxylic acids is 1. The van der Waals surface area contributed by atoms with E-state index in [9.17, 15) is 4.79 Å². The molecule has 2 rings (SSSR count). The van der Waals surface area contributed by atoms with E-state index in [0.717, 1.165) is 9.35 Å². The molecule has 0 unspecified atom stereocenters. The summed E-state index contributed by atoms with van der Waals surface area (Å²) in [6.07, 6.45) is 0. The second kappa shape index (κ2) is 6.19. The molecule has 1 aromatic carbocycles. The molecule has 1 heterocycles. The predicted molar refractivity (Wildman–Crippen MR) is 82.3 cm³/mol. The summed E-state index contributed by atoms with van der Waals surface area (Å²) < 4.78 is 1.71. The molecule has 0 aliphatic carbocycles. The molecular weight excluding hydrogens is 401 g/mol. The van der Waals surface area contributed by atoms with E-state index in [-0.39, 0.29) is 5.91 Å². The van der Waals surface area contributed by atoms with E-state index in [0.29, 0.717) is 21.6 Å². The summed E-state index contributed by atoms with van der Waals surface area (Å²) in [6.45, 7) is 0.506. The van der Waals surface area contributed by atoms with E-state index in [4.69, 9.17) is 11.6 Å². The zero-order valence-electron chi connectivity index (χ0n) is 9.04. The van der Waals surface area contributed by atoms with Gasteiger partial charge in [-0.3, -0.25) is 4.79 Å². The Morgan fingerprint density at radius 1 is 1.28 bits per heavy atom. The minimum absolute atomic E-state index is 0.126. The van der Waals surface area contributed by atoms with Gasteiger partial charge in [0, 0.05) is 18.8 Å². The number of rotatable bonds is 3. The fourth-order valence-corrected chi connectivity index (χ4v) is 3.68. The molecule has 0 radical (unpaired) electrons. The zero-order valence-corrected chi connectivity index (χ0v) is 13.8. The number of benzene rings is 1. The molecule has 18 heavy (non-hydrogen) atoms. The maximum Gasteiger partial charge on any atom is 0.252 e. The lowest BCUT2D eigenvalue weighted by Crippen LogP contribution is -2.22. The third kappa shape index (κ3) is 3.35. The van der Waals surface area contributed by atoms with Crippen LogP contribution in [0.15, 0.2) is 38.6 Å². The van der Waals surface area contributed by atoms with Gasteiger partial charge in [0.25, 0.3) is 5.91 Å². The number of carbonyl (C=O) groups is 1. The SMILES string of the molecule is O=C(NCc1sccc1Br)c1ccc(Cl)cc1Br. The average Bonchev–Trinajstić information content (AvgIpc) is 2.72. The molecule has 2 aromatic rings. The Bertz CT molecular complexity index is 585. The van der Waals surface area contributed by atoms with Crippen LogP contribution >= 0.6 is 54.8 Å². The van der Waals surface area contributed by atoms with E-state index in [2.05, 4.69) is 37.2 Å². The number of halogens is 3. The molecule has 1 amide bonds. The first kappa shape index (κ1) is 14.1. The van der Waals surface area contributed by atoms with E-state index >= 15 is 0 Å². The Balaban J connectivity index is 2.06.